The molecular formula is C35H48ClN5O3. The number of benzene rings is 2. The first-order valence-electron chi connectivity index (χ1n) is 16.3. The number of fused-ring (bicyclic) bond motifs is 1. The number of likely N-dealkylation sites (tertiary alicyclic amines) is 2. The van der Waals surface area contributed by atoms with Gasteiger partial charge in [-0.3, -0.25) is 19.3 Å². The van der Waals surface area contributed by atoms with Crippen molar-refractivity contribution in [3.8, 4) is 0 Å². The quantitative estimate of drug-likeness (QED) is 0.442. The number of piperidine rings is 2. The molecule has 0 aromatic heterocycles. The van der Waals surface area contributed by atoms with E-state index in [9.17, 15) is 14.4 Å². The van der Waals surface area contributed by atoms with E-state index >= 15 is 0 Å². The predicted molar refractivity (Wildman–Crippen MR) is 174 cm³/mol. The largest absolute Gasteiger partial charge is 0.343 e. The summed E-state index contributed by atoms with van der Waals surface area (Å²) in [7, 11) is 0. The van der Waals surface area contributed by atoms with Gasteiger partial charge in [-0.15, -0.1) is 0 Å². The van der Waals surface area contributed by atoms with Gasteiger partial charge < -0.3 is 20.4 Å². The van der Waals surface area contributed by atoms with Crippen LogP contribution in [0, 0.1) is 5.92 Å². The van der Waals surface area contributed by atoms with Crippen LogP contribution in [-0.2, 0) is 33.8 Å². The Morgan fingerprint density at radius 3 is 2.09 bits per heavy atom. The lowest BCUT2D eigenvalue weighted by Gasteiger charge is -2.46. The van der Waals surface area contributed by atoms with Crippen molar-refractivity contribution in [1.29, 1.82) is 0 Å². The fourth-order valence-corrected chi connectivity index (χ4v) is 7.26. The van der Waals surface area contributed by atoms with Crippen LogP contribution in [0.3, 0.4) is 0 Å². The maximum atomic E-state index is 14.1. The molecular weight excluding hydrogens is 574 g/mol. The van der Waals surface area contributed by atoms with Crippen molar-refractivity contribution < 1.29 is 14.4 Å². The van der Waals surface area contributed by atoms with Crippen molar-refractivity contribution in [3.63, 3.8) is 0 Å². The molecule has 9 heteroatoms. The minimum Gasteiger partial charge on any atom is -0.343 e. The van der Waals surface area contributed by atoms with Crippen molar-refractivity contribution in [1.82, 2.24) is 25.3 Å². The first-order valence-corrected chi connectivity index (χ1v) is 16.7. The van der Waals surface area contributed by atoms with Crippen LogP contribution in [0.4, 0.5) is 0 Å². The Labute approximate surface area is 267 Å². The summed E-state index contributed by atoms with van der Waals surface area (Å²) in [5, 5.41) is 7.14. The molecule has 2 fully saturated rings. The smallest absolute Gasteiger partial charge is 0.245 e. The number of rotatable bonds is 9. The average Bonchev–Trinajstić information content (AvgIpc) is 3.03. The highest BCUT2D eigenvalue weighted by molar-refractivity contribution is 6.30. The van der Waals surface area contributed by atoms with Gasteiger partial charge in [-0.2, -0.15) is 0 Å². The number of halogens is 1. The molecule has 2 saturated heterocycles. The van der Waals surface area contributed by atoms with Gasteiger partial charge in [0.15, 0.2) is 0 Å². The van der Waals surface area contributed by atoms with Gasteiger partial charge in [0.2, 0.25) is 17.7 Å². The van der Waals surface area contributed by atoms with E-state index in [-0.39, 0.29) is 23.8 Å². The van der Waals surface area contributed by atoms with Gasteiger partial charge in [-0.1, -0.05) is 61.8 Å². The van der Waals surface area contributed by atoms with Crippen LogP contribution in [-0.4, -0.2) is 89.3 Å². The second-order valence-electron chi connectivity index (χ2n) is 13.2. The molecule has 3 amide bonds. The average molecular weight is 622 g/mol. The van der Waals surface area contributed by atoms with Crippen molar-refractivity contribution in [2.45, 2.75) is 90.0 Å². The SMILES string of the molecule is CC(=O)N1CCC(N(CC(C)C)C2CCN(C(=O)[C@@H](Cc3ccc(Cl)cc3)NC(=O)[C@H]3Cc4ccccc4CN3)CC2)CC1. The highest BCUT2D eigenvalue weighted by Gasteiger charge is 2.36. The van der Waals surface area contributed by atoms with Gasteiger partial charge in [0.1, 0.15) is 6.04 Å². The second-order valence-corrected chi connectivity index (χ2v) is 13.6. The third-order valence-electron chi connectivity index (χ3n) is 9.57. The summed E-state index contributed by atoms with van der Waals surface area (Å²) >= 11 is 6.13. The van der Waals surface area contributed by atoms with Gasteiger partial charge in [-0.05, 0) is 66.8 Å². The van der Waals surface area contributed by atoms with E-state index in [2.05, 4.69) is 41.5 Å². The van der Waals surface area contributed by atoms with Crippen LogP contribution in [0.15, 0.2) is 48.5 Å². The Kier molecular flexibility index (Phi) is 11.0. The molecule has 8 nitrogen and oxygen atoms in total. The molecule has 2 atom stereocenters. The molecule has 0 saturated carbocycles. The Hall–Kier alpha value is -2.94. The van der Waals surface area contributed by atoms with Crippen LogP contribution in [0.1, 0.15) is 63.1 Å². The van der Waals surface area contributed by atoms with Crippen LogP contribution in [0.25, 0.3) is 0 Å². The summed E-state index contributed by atoms with van der Waals surface area (Å²) < 4.78 is 0. The molecule has 0 radical (unpaired) electrons. The molecule has 44 heavy (non-hydrogen) atoms. The molecule has 2 aromatic carbocycles. The van der Waals surface area contributed by atoms with Crippen LogP contribution in [0.5, 0.6) is 0 Å². The number of amides is 3. The zero-order valence-corrected chi connectivity index (χ0v) is 27.2. The molecule has 0 spiro atoms. The summed E-state index contributed by atoms with van der Waals surface area (Å²) in [5.41, 5.74) is 3.35. The van der Waals surface area contributed by atoms with Crippen molar-refractivity contribution in [2.24, 2.45) is 5.92 Å². The first kappa shape index (κ1) is 32.5. The van der Waals surface area contributed by atoms with E-state index in [4.69, 9.17) is 11.6 Å². The van der Waals surface area contributed by atoms with E-state index in [1.54, 1.807) is 6.92 Å². The Bertz CT molecular complexity index is 1290. The van der Waals surface area contributed by atoms with E-state index in [0.717, 1.165) is 50.9 Å². The standard InChI is InChI=1S/C35H48ClN5O3/c1-24(2)23-41(30-12-16-39(17-13-30)25(3)42)31-14-18-40(19-15-31)35(44)33(20-26-8-10-29(36)11-9-26)38-34(43)32-21-27-6-4-5-7-28(27)22-37-32/h4-11,24,30-33,37H,12-23H2,1-3H3,(H,38,43)/t32-,33-/m1/s1. The summed E-state index contributed by atoms with van der Waals surface area (Å²) in [6.07, 6.45) is 4.84. The predicted octanol–water partition coefficient (Wildman–Crippen LogP) is 4.04. The van der Waals surface area contributed by atoms with Crippen molar-refractivity contribution in [3.05, 3.63) is 70.2 Å². The second kappa shape index (κ2) is 14.9. The summed E-state index contributed by atoms with van der Waals surface area (Å²) in [5.74, 6) is 0.546. The van der Waals surface area contributed by atoms with E-state index in [0.29, 0.717) is 55.5 Å². The van der Waals surface area contributed by atoms with Crippen molar-refractivity contribution in [2.75, 3.05) is 32.7 Å². The molecule has 3 aliphatic heterocycles. The molecule has 0 bridgehead atoms. The highest BCUT2D eigenvalue weighted by Crippen LogP contribution is 2.26. The molecule has 238 valence electrons. The molecule has 5 rings (SSSR count). The molecule has 2 aromatic rings. The monoisotopic (exact) mass is 621 g/mol. The lowest BCUT2D eigenvalue weighted by Crippen LogP contribution is -2.58. The zero-order valence-electron chi connectivity index (χ0n) is 26.4. The fraction of sp³-hybridized carbons (Fsp3) is 0.571. The maximum absolute atomic E-state index is 14.1. The number of carbonyl (C=O) groups excluding carboxylic acids is 3. The zero-order chi connectivity index (χ0) is 31.2. The molecule has 0 unspecified atom stereocenters. The minimum absolute atomic E-state index is 0.0202. The fourth-order valence-electron chi connectivity index (χ4n) is 7.14. The van der Waals surface area contributed by atoms with Gasteiger partial charge >= 0.3 is 0 Å². The molecule has 2 N–H and O–H groups in total. The third kappa shape index (κ3) is 8.20. The van der Waals surface area contributed by atoms with Gasteiger partial charge in [-0.25, -0.2) is 0 Å². The summed E-state index contributed by atoms with van der Waals surface area (Å²) in [4.78, 5) is 46.1. The molecule has 0 aliphatic carbocycles. The number of hydrogen-bond acceptors (Lipinski definition) is 5. The highest BCUT2D eigenvalue weighted by atomic mass is 35.5. The lowest BCUT2D eigenvalue weighted by molar-refractivity contribution is -0.138. The van der Waals surface area contributed by atoms with Crippen LogP contribution < -0.4 is 10.6 Å². The van der Waals surface area contributed by atoms with E-state index in [1.165, 1.54) is 11.1 Å². The van der Waals surface area contributed by atoms with E-state index in [1.807, 2.05) is 46.2 Å². The van der Waals surface area contributed by atoms with Gasteiger partial charge in [0.25, 0.3) is 0 Å². The van der Waals surface area contributed by atoms with Crippen molar-refractivity contribution >= 4 is 29.3 Å². The Morgan fingerprint density at radius 2 is 1.50 bits per heavy atom. The lowest BCUT2D eigenvalue weighted by atomic mass is 9.94. The van der Waals surface area contributed by atoms with Crippen LogP contribution >= 0.6 is 11.6 Å². The minimum atomic E-state index is -0.651. The van der Waals surface area contributed by atoms with E-state index < -0.39 is 6.04 Å². The normalized spacial score (nSPS) is 20.5. The third-order valence-corrected chi connectivity index (χ3v) is 9.82. The number of nitrogens with zero attached hydrogens (tertiary/aromatic N) is 3. The maximum Gasteiger partial charge on any atom is 0.245 e. The number of carbonyl (C=O) groups is 3. The topological polar surface area (TPSA) is 85.0 Å². The van der Waals surface area contributed by atoms with Gasteiger partial charge in [0, 0.05) is 69.7 Å². The molecule has 3 heterocycles. The Morgan fingerprint density at radius 1 is 0.909 bits per heavy atom. The number of nitrogens with one attached hydrogen (secondary N) is 2. The summed E-state index contributed by atoms with van der Waals surface area (Å²) in [6, 6.07) is 15.5. The summed E-state index contributed by atoms with van der Waals surface area (Å²) in [6.45, 7) is 10.8. The first-order chi connectivity index (χ1) is 21.2. The van der Waals surface area contributed by atoms with Crippen LogP contribution in [0.2, 0.25) is 5.02 Å². The number of hydrogen-bond donors (Lipinski definition) is 2. The molecule has 3 aliphatic rings. The van der Waals surface area contributed by atoms with Gasteiger partial charge in [0.05, 0.1) is 6.04 Å². The Balaban J connectivity index is 1.24.